The van der Waals surface area contributed by atoms with E-state index in [1.165, 1.54) is 11.8 Å². The third kappa shape index (κ3) is 6.67. The molecular formula is C26H29BrN2O5S. The Bertz CT molecular complexity index is 1150. The van der Waals surface area contributed by atoms with Crippen LogP contribution in [0.3, 0.4) is 0 Å². The monoisotopic (exact) mass is 560 g/mol. The molecule has 0 saturated carbocycles. The molecule has 0 aromatic heterocycles. The number of amides is 1. The summed E-state index contributed by atoms with van der Waals surface area (Å²) >= 11 is 4.87. The van der Waals surface area contributed by atoms with Gasteiger partial charge in [0.1, 0.15) is 0 Å². The van der Waals surface area contributed by atoms with Crippen molar-refractivity contribution in [3.05, 3.63) is 56.9 Å². The molecule has 1 saturated heterocycles. The number of esters is 1. The second kappa shape index (κ2) is 12.8. The van der Waals surface area contributed by atoms with Gasteiger partial charge in [-0.1, -0.05) is 13.0 Å². The molecule has 9 heteroatoms. The lowest BCUT2D eigenvalue weighted by atomic mass is 10.2. The fourth-order valence-corrected chi connectivity index (χ4v) is 4.96. The highest BCUT2D eigenvalue weighted by Crippen LogP contribution is 2.39. The average Bonchev–Trinajstić information content (AvgIpc) is 3.12. The number of amidine groups is 1. The lowest BCUT2D eigenvalue weighted by Gasteiger charge is -2.14. The summed E-state index contributed by atoms with van der Waals surface area (Å²) in [4.78, 5) is 32.0. The smallest absolute Gasteiger partial charge is 0.338 e. The molecule has 0 spiro atoms. The summed E-state index contributed by atoms with van der Waals surface area (Å²) in [7, 11) is 0. The minimum atomic E-state index is -0.403. The van der Waals surface area contributed by atoms with Crippen molar-refractivity contribution >= 4 is 56.5 Å². The predicted octanol–water partition coefficient (Wildman–Crippen LogP) is 6.44. The van der Waals surface area contributed by atoms with E-state index in [0.29, 0.717) is 59.2 Å². The molecule has 2 aromatic carbocycles. The summed E-state index contributed by atoms with van der Waals surface area (Å²) in [5.41, 5.74) is 1.80. The Morgan fingerprint density at radius 1 is 1.11 bits per heavy atom. The molecule has 0 N–H and O–H groups in total. The van der Waals surface area contributed by atoms with Crippen LogP contribution < -0.4 is 9.47 Å². The maximum absolute atomic E-state index is 13.1. The van der Waals surface area contributed by atoms with Gasteiger partial charge in [-0.3, -0.25) is 9.69 Å². The molecule has 1 amide bonds. The zero-order chi connectivity index (χ0) is 25.4. The summed E-state index contributed by atoms with van der Waals surface area (Å²) < 4.78 is 17.5. The number of rotatable bonds is 10. The van der Waals surface area contributed by atoms with Gasteiger partial charge in [0, 0.05) is 6.54 Å². The van der Waals surface area contributed by atoms with E-state index in [0.717, 1.165) is 16.5 Å². The lowest BCUT2D eigenvalue weighted by molar-refractivity contribution is -0.122. The molecule has 0 bridgehead atoms. The topological polar surface area (TPSA) is 77.4 Å². The van der Waals surface area contributed by atoms with Crippen LogP contribution in [0.25, 0.3) is 6.08 Å². The average molecular weight is 561 g/mol. The first-order chi connectivity index (χ1) is 16.9. The van der Waals surface area contributed by atoms with E-state index in [-0.39, 0.29) is 5.91 Å². The molecule has 186 valence electrons. The van der Waals surface area contributed by atoms with Crippen molar-refractivity contribution in [1.82, 2.24) is 4.90 Å². The Kier molecular flexibility index (Phi) is 9.80. The highest BCUT2D eigenvalue weighted by atomic mass is 79.9. The Balaban J connectivity index is 1.93. The van der Waals surface area contributed by atoms with Crippen LogP contribution >= 0.6 is 27.7 Å². The molecular weight excluding hydrogens is 532 g/mol. The quantitative estimate of drug-likeness (QED) is 0.246. The maximum atomic E-state index is 13.1. The first-order valence-corrected chi connectivity index (χ1v) is 13.2. The van der Waals surface area contributed by atoms with Gasteiger partial charge in [0.15, 0.2) is 16.7 Å². The molecule has 7 nitrogen and oxygen atoms in total. The van der Waals surface area contributed by atoms with Gasteiger partial charge in [0.2, 0.25) is 0 Å². The standard InChI is InChI=1S/C26H29BrN2O5S/c1-5-12-34-23-20(27)13-17(14-21(23)32-7-3)15-22-24(30)29(6-2)26(35-22)28-19-11-9-10-18(16-19)25(31)33-8-4/h9-11,13-16H,5-8,12H2,1-4H3. The lowest BCUT2D eigenvalue weighted by Crippen LogP contribution is -2.28. The van der Waals surface area contributed by atoms with E-state index in [2.05, 4.69) is 20.9 Å². The largest absolute Gasteiger partial charge is 0.490 e. The first-order valence-electron chi connectivity index (χ1n) is 11.6. The van der Waals surface area contributed by atoms with E-state index >= 15 is 0 Å². The molecule has 1 heterocycles. The third-order valence-electron chi connectivity index (χ3n) is 4.87. The van der Waals surface area contributed by atoms with Gasteiger partial charge in [0.05, 0.1) is 40.4 Å². The third-order valence-corrected chi connectivity index (χ3v) is 6.46. The number of hydrogen-bond donors (Lipinski definition) is 0. The summed E-state index contributed by atoms with van der Waals surface area (Å²) in [5, 5.41) is 0.553. The maximum Gasteiger partial charge on any atom is 0.338 e. The number of hydrogen-bond acceptors (Lipinski definition) is 7. The zero-order valence-corrected chi connectivity index (χ0v) is 22.7. The summed E-state index contributed by atoms with van der Waals surface area (Å²) in [6.07, 6.45) is 2.71. The van der Waals surface area contributed by atoms with Crippen molar-refractivity contribution in [1.29, 1.82) is 0 Å². The Labute approximate surface area is 218 Å². The molecule has 3 rings (SSSR count). The summed E-state index contributed by atoms with van der Waals surface area (Å²) in [6, 6.07) is 10.6. The molecule has 1 aliphatic heterocycles. The number of halogens is 1. The van der Waals surface area contributed by atoms with E-state index in [9.17, 15) is 9.59 Å². The van der Waals surface area contributed by atoms with Gasteiger partial charge in [-0.15, -0.1) is 0 Å². The number of aliphatic imine (C=N–C) groups is 1. The second-order valence-corrected chi connectivity index (χ2v) is 9.30. The SMILES string of the molecule is CCCOc1c(Br)cc(C=C2SC(=Nc3cccc(C(=O)OCC)c3)N(CC)C2=O)cc1OCC. The van der Waals surface area contributed by atoms with E-state index in [1.807, 2.05) is 39.0 Å². The van der Waals surface area contributed by atoms with Gasteiger partial charge in [0.25, 0.3) is 5.91 Å². The van der Waals surface area contributed by atoms with Crippen molar-refractivity contribution in [2.24, 2.45) is 4.99 Å². The fourth-order valence-electron chi connectivity index (χ4n) is 3.33. The first kappa shape index (κ1) is 26.8. The highest BCUT2D eigenvalue weighted by molar-refractivity contribution is 9.10. The second-order valence-electron chi connectivity index (χ2n) is 7.44. The predicted molar refractivity (Wildman–Crippen MR) is 144 cm³/mol. The van der Waals surface area contributed by atoms with E-state index in [1.54, 1.807) is 36.1 Å². The van der Waals surface area contributed by atoms with Crippen LogP contribution in [0.15, 0.2) is 50.8 Å². The normalized spacial score (nSPS) is 15.7. The molecule has 0 unspecified atom stereocenters. The minimum Gasteiger partial charge on any atom is -0.490 e. The van der Waals surface area contributed by atoms with Crippen molar-refractivity contribution < 1.29 is 23.8 Å². The number of ether oxygens (including phenoxy) is 3. The number of thioether (sulfide) groups is 1. The molecule has 0 aliphatic carbocycles. The van der Waals surface area contributed by atoms with E-state index in [4.69, 9.17) is 14.2 Å². The molecule has 0 radical (unpaired) electrons. The van der Waals surface area contributed by atoms with Gasteiger partial charge in [-0.2, -0.15) is 0 Å². The number of nitrogens with zero attached hydrogens (tertiary/aromatic N) is 2. The summed E-state index contributed by atoms with van der Waals surface area (Å²) in [6.45, 7) is 9.46. The number of carbonyl (C=O) groups excluding carboxylic acids is 2. The Morgan fingerprint density at radius 3 is 2.60 bits per heavy atom. The number of benzene rings is 2. The van der Waals surface area contributed by atoms with Crippen LogP contribution in [0.5, 0.6) is 11.5 Å². The Hall–Kier alpha value is -2.78. The zero-order valence-electron chi connectivity index (χ0n) is 20.3. The number of carbonyl (C=O) groups is 2. The van der Waals surface area contributed by atoms with Crippen LogP contribution in [0, 0.1) is 0 Å². The van der Waals surface area contributed by atoms with Gasteiger partial charge in [-0.25, -0.2) is 9.79 Å². The minimum absolute atomic E-state index is 0.127. The van der Waals surface area contributed by atoms with E-state index < -0.39 is 5.97 Å². The van der Waals surface area contributed by atoms with Gasteiger partial charge in [-0.05, 0) is 96.9 Å². The Morgan fingerprint density at radius 2 is 1.91 bits per heavy atom. The molecule has 0 atom stereocenters. The molecule has 35 heavy (non-hydrogen) atoms. The number of likely N-dealkylation sites (N-methyl/N-ethyl adjacent to an activating group) is 1. The van der Waals surface area contributed by atoms with Crippen molar-refractivity contribution in [3.63, 3.8) is 0 Å². The fraction of sp³-hybridized carbons (Fsp3) is 0.346. The van der Waals surface area contributed by atoms with Crippen LogP contribution in [0.1, 0.15) is 50.0 Å². The van der Waals surface area contributed by atoms with Crippen molar-refractivity contribution in [2.75, 3.05) is 26.4 Å². The van der Waals surface area contributed by atoms with Crippen molar-refractivity contribution in [3.8, 4) is 11.5 Å². The van der Waals surface area contributed by atoms with Crippen LogP contribution in [-0.4, -0.2) is 48.3 Å². The van der Waals surface area contributed by atoms with Crippen LogP contribution in [0.2, 0.25) is 0 Å². The highest BCUT2D eigenvalue weighted by Gasteiger charge is 2.32. The van der Waals surface area contributed by atoms with Gasteiger partial charge >= 0.3 is 5.97 Å². The molecule has 2 aromatic rings. The van der Waals surface area contributed by atoms with Crippen LogP contribution in [0.4, 0.5) is 5.69 Å². The molecule has 1 fully saturated rings. The van der Waals surface area contributed by atoms with Crippen molar-refractivity contribution in [2.45, 2.75) is 34.1 Å². The summed E-state index contributed by atoms with van der Waals surface area (Å²) in [5.74, 6) is 0.743. The molecule has 1 aliphatic rings. The van der Waals surface area contributed by atoms with Gasteiger partial charge < -0.3 is 14.2 Å². The van der Waals surface area contributed by atoms with Crippen LogP contribution in [-0.2, 0) is 9.53 Å².